The van der Waals surface area contributed by atoms with E-state index in [0.717, 1.165) is 38.4 Å². The number of oxazole rings is 1. The summed E-state index contributed by atoms with van der Waals surface area (Å²) in [4.78, 5) is 56.5. The Morgan fingerprint density at radius 2 is 1.74 bits per heavy atom. The number of nitrogens with one attached hydrogen (secondary N) is 2. The largest absolute Gasteiger partial charge is 0.464 e. The van der Waals surface area contributed by atoms with Crippen LogP contribution in [0.3, 0.4) is 0 Å². The molecule has 15 nitrogen and oxygen atoms in total. The Hall–Kier alpha value is -5.75. The van der Waals surface area contributed by atoms with Crippen LogP contribution in [0.15, 0.2) is 53.7 Å². The van der Waals surface area contributed by atoms with Gasteiger partial charge in [-0.2, -0.15) is 18.1 Å². The smallest absolute Gasteiger partial charge is 0.425 e. The summed E-state index contributed by atoms with van der Waals surface area (Å²) >= 11 is 0. The second-order valence-electron chi connectivity index (χ2n) is 14.4. The van der Waals surface area contributed by atoms with Crippen LogP contribution >= 0.6 is 0 Å². The van der Waals surface area contributed by atoms with E-state index >= 15 is 0 Å². The van der Waals surface area contributed by atoms with Gasteiger partial charge in [0.1, 0.15) is 23.1 Å². The topological polar surface area (TPSA) is 171 Å². The van der Waals surface area contributed by atoms with E-state index in [1.807, 2.05) is 16.5 Å². The highest BCUT2D eigenvalue weighted by atomic mass is 19.4. The molecule has 7 rings (SSSR count). The number of benzene rings is 2. The second-order valence-corrected chi connectivity index (χ2v) is 14.4. The summed E-state index contributed by atoms with van der Waals surface area (Å²) in [6.07, 6.45) is -1.56. The maximum absolute atomic E-state index is 14.2. The molecular formula is C36H38F3N9O6. The fourth-order valence-electron chi connectivity index (χ4n) is 6.49. The normalized spacial score (nSPS) is 15.8. The number of carbonyl (C=O) groups excluding carboxylic acids is 2. The molecule has 2 fully saturated rings. The molecule has 0 bridgehead atoms. The number of imide groups is 1. The number of halogens is 3. The van der Waals surface area contributed by atoms with Crippen LogP contribution in [0.5, 0.6) is 0 Å². The van der Waals surface area contributed by atoms with Crippen LogP contribution in [-0.2, 0) is 17.5 Å². The lowest BCUT2D eigenvalue weighted by atomic mass is 10.0. The molecule has 2 aromatic carbocycles. The van der Waals surface area contributed by atoms with Crippen molar-refractivity contribution >= 4 is 57.5 Å². The van der Waals surface area contributed by atoms with Crippen molar-refractivity contribution in [2.24, 2.45) is 0 Å². The van der Waals surface area contributed by atoms with Gasteiger partial charge in [0, 0.05) is 61.8 Å². The Balaban J connectivity index is 1.19. The molecular weight excluding hydrogens is 711 g/mol. The Labute approximate surface area is 306 Å². The van der Waals surface area contributed by atoms with Crippen molar-refractivity contribution < 1.29 is 41.8 Å². The maximum atomic E-state index is 14.2. The number of carbonyl (C=O) groups is 3. The summed E-state index contributed by atoms with van der Waals surface area (Å²) in [6.45, 7) is 7.78. The number of rotatable bonds is 7. The molecule has 18 heteroatoms. The summed E-state index contributed by atoms with van der Waals surface area (Å²) < 4.78 is 55.5. The van der Waals surface area contributed by atoms with Crippen LogP contribution in [0.2, 0.25) is 0 Å². The third kappa shape index (κ3) is 7.52. The fraction of sp³-hybridized carbons (Fsp3) is 0.389. The number of amides is 4. The first-order valence-electron chi connectivity index (χ1n) is 17.2. The van der Waals surface area contributed by atoms with E-state index in [9.17, 15) is 32.7 Å². The van der Waals surface area contributed by atoms with Gasteiger partial charge in [-0.25, -0.2) is 29.3 Å². The minimum absolute atomic E-state index is 0.0548. The molecule has 0 spiro atoms. The first kappa shape index (κ1) is 36.6. The van der Waals surface area contributed by atoms with Crippen molar-refractivity contribution in [3.05, 3.63) is 60.4 Å². The van der Waals surface area contributed by atoms with Crippen LogP contribution < -0.4 is 15.5 Å². The number of piperazine rings is 1. The second kappa shape index (κ2) is 13.9. The van der Waals surface area contributed by atoms with E-state index in [1.165, 1.54) is 24.5 Å². The molecule has 284 valence electrons. The number of ether oxygens (including phenoxy) is 1. The van der Waals surface area contributed by atoms with E-state index in [4.69, 9.17) is 9.15 Å². The van der Waals surface area contributed by atoms with Gasteiger partial charge < -0.3 is 34.4 Å². The Bertz CT molecular complexity index is 2250. The van der Waals surface area contributed by atoms with Gasteiger partial charge in [0.05, 0.1) is 16.6 Å². The predicted octanol–water partition coefficient (Wildman–Crippen LogP) is 7.40. The zero-order valence-electron chi connectivity index (χ0n) is 29.9. The average Bonchev–Trinajstić information content (AvgIpc) is 3.67. The van der Waals surface area contributed by atoms with Gasteiger partial charge in [0.15, 0.2) is 17.8 Å². The lowest BCUT2D eigenvalue weighted by molar-refractivity contribution is -0.138. The van der Waals surface area contributed by atoms with Crippen molar-refractivity contribution in [1.29, 1.82) is 0 Å². The molecule has 5 aromatic rings. The van der Waals surface area contributed by atoms with E-state index < -0.39 is 35.6 Å². The molecule has 1 aliphatic carbocycles. The zero-order valence-corrected chi connectivity index (χ0v) is 29.9. The monoisotopic (exact) mass is 749 g/mol. The zero-order chi connectivity index (χ0) is 38.5. The highest BCUT2D eigenvalue weighted by molar-refractivity contribution is 6.17. The van der Waals surface area contributed by atoms with Crippen molar-refractivity contribution in [2.75, 3.05) is 48.8 Å². The Morgan fingerprint density at radius 3 is 2.41 bits per heavy atom. The van der Waals surface area contributed by atoms with Crippen LogP contribution in [0, 0.1) is 0 Å². The summed E-state index contributed by atoms with van der Waals surface area (Å²) in [7, 11) is 1.97. The number of alkyl halides is 3. The van der Waals surface area contributed by atoms with E-state index in [0.29, 0.717) is 34.8 Å². The molecule has 0 unspecified atom stereocenters. The van der Waals surface area contributed by atoms with Crippen LogP contribution in [0.25, 0.3) is 33.3 Å². The SMILES string of the molecule is CN1CCN(Cc2ccc(NC(=O)Nc3ccc(-c4cn(C5CC5)c5ncnc(N(C(=O)O)C(=O)OC(C)(C)C)c45)c4ncoc34)cc2C(F)(F)F)CC1. The number of hydrogen-bond acceptors (Lipinski definition) is 10. The van der Waals surface area contributed by atoms with E-state index in [2.05, 4.69) is 30.5 Å². The highest BCUT2D eigenvalue weighted by Gasteiger charge is 2.36. The molecule has 1 aliphatic heterocycles. The minimum atomic E-state index is -4.64. The Morgan fingerprint density at radius 1 is 1.00 bits per heavy atom. The van der Waals surface area contributed by atoms with Crippen LogP contribution in [0.4, 0.5) is 44.7 Å². The Kier molecular flexibility index (Phi) is 9.43. The minimum Gasteiger partial charge on any atom is -0.464 e. The van der Waals surface area contributed by atoms with Gasteiger partial charge in [-0.05, 0) is 70.5 Å². The summed E-state index contributed by atoms with van der Waals surface area (Å²) in [5, 5.41) is 15.6. The highest BCUT2D eigenvalue weighted by Crippen LogP contribution is 2.45. The number of urea groups is 1. The van der Waals surface area contributed by atoms with Crippen molar-refractivity contribution in [1.82, 2.24) is 29.3 Å². The summed E-state index contributed by atoms with van der Waals surface area (Å²) in [5.41, 5.74) is 0.0662. The number of fused-ring (bicyclic) bond motifs is 2. The third-order valence-corrected chi connectivity index (χ3v) is 9.19. The van der Waals surface area contributed by atoms with Crippen molar-refractivity contribution in [3.8, 4) is 11.1 Å². The van der Waals surface area contributed by atoms with Gasteiger partial charge in [-0.1, -0.05) is 6.07 Å². The number of carboxylic acid groups (broad SMARTS) is 1. The van der Waals surface area contributed by atoms with Gasteiger partial charge in [-0.15, -0.1) is 0 Å². The summed E-state index contributed by atoms with van der Waals surface area (Å²) in [6, 6.07) is 6.14. The number of likely N-dealkylation sites (N-methyl/N-ethyl adjacent to an activating group) is 1. The molecule has 0 radical (unpaired) electrons. The van der Waals surface area contributed by atoms with Crippen molar-refractivity contribution in [2.45, 2.75) is 58.0 Å². The fourth-order valence-corrected chi connectivity index (χ4v) is 6.49. The quantitative estimate of drug-likeness (QED) is 0.151. The van der Waals surface area contributed by atoms with Gasteiger partial charge in [-0.3, -0.25) is 4.90 Å². The number of hydrogen-bond donors (Lipinski definition) is 3. The van der Waals surface area contributed by atoms with Gasteiger partial charge >= 0.3 is 24.4 Å². The lowest BCUT2D eigenvalue weighted by Gasteiger charge is -2.33. The molecule has 54 heavy (non-hydrogen) atoms. The summed E-state index contributed by atoms with van der Waals surface area (Å²) in [5.74, 6) is -0.220. The van der Waals surface area contributed by atoms with E-state index in [-0.39, 0.29) is 51.8 Å². The molecule has 2 aliphatic rings. The molecule has 4 amide bonds. The molecule has 3 aromatic heterocycles. The molecule has 0 atom stereocenters. The molecule has 3 N–H and O–H groups in total. The molecule has 1 saturated carbocycles. The molecule has 1 saturated heterocycles. The first-order valence-corrected chi connectivity index (χ1v) is 17.2. The number of anilines is 3. The standard InChI is InChI=1S/C36H38F3N9O6/c1-35(2,3)54-34(52)48(33(50)51)31-27-24(17-47(22-7-8-22)30(27)40-18-41-31)23-9-10-26(29-28(23)42-19-53-29)44-32(49)43-21-6-5-20(25(15-21)36(37,38)39)16-46-13-11-45(4)12-14-46/h5-6,9-10,15,17-19,22H,7-8,11-14,16H2,1-4H3,(H,50,51)(H2,43,44,49). The average molecular weight is 750 g/mol. The third-order valence-electron chi connectivity index (χ3n) is 9.19. The van der Waals surface area contributed by atoms with Gasteiger partial charge in [0.25, 0.3) is 0 Å². The van der Waals surface area contributed by atoms with Crippen LogP contribution in [-0.4, -0.2) is 91.5 Å². The lowest BCUT2D eigenvalue weighted by Crippen LogP contribution is -2.44. The number of nitrogens with zero attached hydrogens (tertiary/aromatic N) is 7. The first-order chi connectivity index (χ1) is 25.6. The van der Waals surface area contributed by atoms with E-state index in [1.54, 1.807) is 33.0 Å². The van der Waals surface area contributed by atoms with Crippen molar-refractivity contribution in [3.63, 3.8) is 0 Å². The van der Waals surface area contributed by atoms with Crippen LogP contribution in [0.1, 0.15) is 50.8 Å². The predicted molar refractivity (Wildman–Crippen MR) is 192 cm³/mol. The maximum Gasteiger partial charge on any atom is 0.425 e. The number of aromatic nitrogens is 4. The molecule has 4 heterocycles. The van der Waals surface area contributed by atoms with Gasteiger partial charge in [0.2, 0.25) is 0 Å².